The van der Waals surface area contributed by atoms with Gasteiger partial charge in [0.05, 0.1) is 0 Å². The van der Waals surface area contributed by atoms with Crippen molar-refractivity contribution in [2.45, 2.75) is 0 Å². The van der Waals surface area contributed by atoms with E-state index in [1.807, 2.05) is 12.1 Å². The molecule has 0 amide bonds. The minimum Gasteiger partial charge on any atom is -0.506 e. The Kier molecular flexibility index (Phi) is 3.95. The predicted molar refractivity (Wildman–Crippen MR) is 75.7 cm³/mol. The maximum atomic E-state index is 12.1. The standard InChI is InChI=1S/C15H11BrO2/c16-13(14(17)11-7-3-1-4-8-11)15(18)12-9-5-2-6-10-12/h1-10,17H/b14-13+. The highest BCUT2D eigenvalue weighted by molar-refractivity contribution is 9.12. The van der Waals surface area contributed by atoms with Crippen LogP contribution in [-0.2, 0) is 0 Å². The molecule has 0 saturated carbocycles. The number of benzene rings is 2. The largest absolute Gasteiger partial charge is 0.506 e. The first-order valence-corrected chi connectivity index (χ1v) is 6.23. The zero-order valence-corrected chi connectivity index (χ0v) is 11.1. The molecule has 0 unspecified atom stereocenters. The molecule has 0 fully saturated rings. The third-order valence-corrected chi connectivity index (χ3v) is 3.23. The summed E-state index contributed by atoms with van der Waals surface area (Å²) in [4.78, 5) is 12.1. The monoisotopic (exact) mass is 302 g/mol. The maximum Gasteiger partial charge on any atom is 0.203 e. The fourth-order valence-electron chi connectivity index (χ4n) is 1.55. The van der Waals surface area contributed by atoms with Crippen LogP contribution in [-0.4, -0.2) is 10.9 Å². The Hall–Kier alpha value is -1.87. The number of carbonyl (C=O) groups excluding carboxylic acids is 1. The second kappa shape index (κ2) is 5.65. The number of hydrogen-bond acceptors (Lipinski definition) is 2. The number of aliphatic hydroxyl groups excluding tert-OH is 1. The summed E-state index contributed by atoms with van der Waals surface area (Å²) in [7, 11) is 0. The first-order valence-electron chi connectivity index (χ1n) is 5.44. The van der Waals surface area contributed by atoms with Crippen molar-refractivity contribution in [3.05, 3.63) is 76.3 Å². The van der Waals surface area contributed by atoms with Crippen molar-refractivity contribution in [1.82, 2.24) is 0 Å². The lowest BCUT2D eigenvalue weighted by atomic mass is 10.1. The first-order chi connectivity index (χ1) is 8.70. The van der Waals surface area contributed by atoms with Gasteiger partial charge in [-0.2, -0.15) is 0 Å². The van der Waals surface area contributed by atoms with E-state index in [1.54, 1.807) is 48.5 Å². The molecule has 90 valence electrons. The molecule has 1 N–H and O–H groups in total. The minimum atomic E-state index is -0.239. The summed E-state index contributed by atoms with van der Waals surface area (Å²) in [5.74, 6) is -0.290. The normalized spacial score (nSPS) is 11.8. The highest BCUT2D eigenvalue weighted by Gasteiger charge is 2.15. The smallest absolute Gasteiger partial charge is 0.203 e. The van der Waals surface area contributed by atoms with E-state index in [-0.39, 0.29) is 16.0 Å². The molecule has 2 rings (SSSR count). The lowest BCUT2D eigenvalue weighted by molar-refractivity contribution is 0.104. The van der Waals surface area contributed by atoms with Crippen LogP contribution < -0.4 is 0 Å². The Morgan fingerprint density at radius 1 is 0.833 bits per heavy atom. The lowest BCUT2D eigenvalue weighted by Crippen LogP contribution is -2.01. The number of Topliss-reactive ketones (excluding diaryl/α,β-unsaturated/α-hetero) is 1. The Labute approximate surface area is 114 Å². The SMILES string of the molecule is O=C(/C(Br)=C(\O)c1ccccc1)c1ccccc1. The van der Waals surface area contributed by atoms with Gasteiger partial charge in [0.1, 0.15) is 10.2 Å². The molecule has 0 saturated heterocycles. The molecule has 2 nitrogen and oxygen atoms in total. The van der Waals surface area contributed by atoms with Gasteiger partial charge in [-0.1, -0.05) is 60.7 Å². The van der Waals surface area contributed by atoms with Gasteiger partial charge in [-0.3, -0.25) is 4.79 Å². The highest BCUT2D eigenvalue weighted by Crippen LogP contribution is 2.23. The lowest BCUT2D eigenvalue weighted by Gasteiger charge is -2.04. The van der Waals surface area contributed by atoms with Crippen LogP contribution in [0, 0.1) is 0 Å². The van der Waals surface area contributed by atoms with Gasteiger partial charge in [0, 0.05) is 11.1 Å². The van der Waals surface area contributed by atoms with Gasteiger partial charge in [0.2, 0.25) is 5.78 Å². The fraction of sp³-hybridized carbons (Fsp3) is 0. The highest BCUT2D eigenvalue weighted by atomic mass is 79.9. The topological polar surface area (TPSA) is 37.3 Å². The summed E-state index contributed by atoms with van der Waals surface area (Å²) in [6.07, 6.45) is 0. The summed E-state index contributed by atoms with van der Waals surface area (Å²) in [6.45, 7) is 0. The molecule has 3 heteroatoms. The molecule has 2 aromatic carbocycles. The quantitative estimate of drug-likeness (QED) is 0.524. The van der Waals surface area contributed by atoms with Gasteiger partial charge >= 0.3 is 0 Å². The number of allylic oxidation sites excluding steroid dienone is 1. The summed E-state index contributed by atoms with van der Waals surface area (Å²) < 4.78 is 0.167. The second-order valence-electron chi connectivity index (χ2n) is 3.72. The molecule has 0 atom stereocenters. The first kappa shape index (κ1) is 12.6. The van der Waals surface area contributed by atoms with Crippen LogP contribution in [0.3, 0.4) is 0 Å². The van der Waals surface area contributed by atoms with Crippen LogP contribution in [0.2, 0.25) is 0 Å². The minimum absolute atomic E-state index is 0.0514. The van der Waals surface area contributed by atoms with Crippen LogP contribution >= 0.6 is 15.9 Å². The molecule has 0 heterocycles. The molecular formula is C15H11BrO2. The number of aliphatic hydroxyl groups is 1. The average Bonchev–Trinajstić information content (AvgIpc) is 2.47. The Balaban J connectivity index is 2.37. The summed E-state index contributed by atoms with van der Waals surface area (Å²) >= 11 is 3.16. The number of hydrogen-bond donors (Lipinski definition) is 1. The van der Waals surface area contributed by atoms with Gasteiger partial charge in [-0.25, -0.2) is 0 Å². The van der Waals surface area contributed by atoms with Crippen LogP contribution in [0.15, 0.2) is 65.1 Å². The van der Waals surface area contributed by atoms with E-state index in [4.69, 9.17) is 0 Å². The summed E-state index contributed by atoms with van der Waals surface area (Å²) in [5.41, 5.74) is 1.14. The van der Waals surface area contributed by atoms with E-state index in [0.29, 0.717) is 11.1 Å². The van der Waals surface area contributed by atoms with Gasteiger partial charge in [0.15, 0.2) is 0 Å². The molecule has 18 heavy (non-hydrogen) atoms. The molecule has 0 aliphatic rings. The van der Waals surface area contributed by atoms with Gasteiger partial charge in [0.25, 0.3) is 0 Å². The molecule has 0 spiro atoms. The molecule has 0 bridgehead atoms. The second-order valence-corrected chi connectivity index (χ2v) is 4.52. The maximum absolute atomic E-state index is 12.1. The number of ketones is 1. The third-order valence-electron chi connectivity index (χ3n) is 2.49. The number of carbonyl (C=O) groups is 1. The van der Waals surface area contributed by atoms with Crippen molar-refractivity contribution in [1.29, 1.82) is 0 Å². The van der Waals surface area contributed by atoms with E-state index in [1.165, 1.54) is 0 Å². The zero-order valence-electron chi connectivity index (χ0n) is 9.51. The van der Waals surface area contributed by atoms with Crippen LogP contribution in [0.5, 0.6) is 0 Å². The molecule has 2 aromatic rings. The summed E-state index contributed by atoms with van der Waals surface area (Å²) in [6, 6.07) is 17.8. The van der Waals surface area contributed by atoms with Crippen LogP contribution in [0.1, 0.15) is 15.9 Å². The Morgan fingerprint density at radius 2 is 1.28 bits per heavy atom. The fourth-order valence-corrected chi connectivity index (χ4v) is 2.00. The van der Waals surface area contributed by atoms with Gasteiger partial charge < -0.3 is 5.11 Å². The molecule has 0 aromatic heterocycles. The number of halogens is 1. The van der Waals surface area contributed by atoms with Crippen molar-refractivity contribution in [2.75, 3.05) is 0 Å². The third kappa shape index (κ3) is 2.68. The van der Waals surface area contributed by atoms with E-state index >= 15 is 0 Å². The average molecular weight is 303 g/mol. The molecule has 0 aliphatic heterocycles. The van der Waals surface area contributed by atoms with Crippen LogP contribution in [0.25, 0.3) is 5.76 Å². The van der Waals surface area contributed by atoms with Crippen molar-refractivity contribution in [2.24, 2.45) is 0 Å². The van der Waals surface area contributed by atoms with E-state index in [0.717, 1.165) is 0 Å². The van der Waals surface area contributed by atoms with Gasteiger partial charge in [-0.05, 0) is 15.9 Å². The van der Waals surface area contributed by atoms with Crippen molar-refractivity contribution < 1.29 is 9.90 Å². The Bertz CT molecular complexity index is 574. The van der Waals surface area contributed by atoms with Gasteiger partial charge in [-0.15, -0.1) is 0 Å². The predicted octanol–water partition coefficient (Wildman–Crippen LogP) is 4.19. The van der Waals surface area contributed by atoms with E-state index < -0.39 is 0 Å². The van der Waals surface area contributed by atoms with Crippen molar-refractivity contribution in [3.8, 4) is 0 Å². The Morgan fingerprint density at radius 3 is 1.78 bits per heavy atom. The summed E-state index contributed by atoms with van der Waals surface area (Å²) in [5, 5.41) is 10.0. The number of rotatable bonds is 3. The van der Waals surface area contributed by atoms with Crippen molar-refractivity contribution in [3.63, 3.8) is 0 Å². The van der Waals surface area contributed by atoms with Crippen molar-refractivity contribution >= 4 is 27.5 Å². The zero-order chi connectivity index (χ0) is 13.0. The molecule has 0 aliphatic carbocycles. The van der Waals surface area contributed by atoms with E-state index in [2.05, 4.69) is 15.9 Å². The molecule has 0 radical (unpaired) electrons. The van der Waals surface area contributed by atoms with E-state index in [9.17, 15) is 9.90 Å². The van der Waals surface area contributed by atoms with Crippen LogP contribution in [0.4, 0.5) is 0 Å². The molecular weight excluding hydrogens is 292 g/mol.